The molecule has 0 saturated heterocycles. The number of benzene rings is 2. The second kappa shape index (κ2) is 5.36. The van der Waals surface area contributed by atoms with Crippen molar-refractivity contribution in [1.29, 1.82) is 0 Å². The minimum Gasteiger partial charge on any atom is -0.341 e. The van der Waals surface area contributed by atoms with Gasteiger partial charge < -0.3 is 4.57 Å². The van der Waals surface area contributed by atoms with Crippen LogP contribution in [0.15, 0.2) is 48.5 Å². The lowest BCUT2D eigenvalue weighted by Gasteiger charge is -2.14. The summed E-state index contributed by atoms with van der Waals surface area (Å²) in [5.74, 6) is -0.190. The molecule has 21 heavy (non-hydrogen) atoms. The van der Waals surface area contributed by atoms with Crippen LogP contribution in [0.1, 0.15) is 32.5 Å². The fourth-order valence-electron chi connectivity index (χ4n) is 3.19. The zero-order valence-electron chi connectivity index (χ0n) is 12.7. The van der Waals surface area contributed by atoms with E-state index in [4.69, 9.17) is 0 Å². The lowest BCUT2D eigenvalue weighted by atomic mass is 10.0. The smallest absolute Gasteiger partial charge is 0.123 e. The van der Waals surface area contributed by atoms with Gasteiger partial charge in [-0.3, -0.25) is 0 Å². The summed E-state index contributed by atoms with van der Waals surface area (Å²) in [7, 11) is 0. The Balaban J connectivity index is 2.38. The first kappa shape index (κ1) is 13.9. The third kappa shape index (κ3) is 2.25. The Morgan fingerprint density at radius 3 is 2.29 bits per heavy atom. The molecular formula is C19H20FN. The molecule has 0 amide bonds. The molecule has 1 aromatic heterocycles. The number of fused-ring (bicyclic) bond motifs is 1. The van der Waals surface area contributed by atoms with Crippen molar-refractivity contribution in [3.63, 3.8) is 0 Å². The van der Waals surface area contributed by atoms with Crippen molar-refractivity contribution < 1.29 is 4.39 Å². The van der Waals surface area contributed by atoms with Crippen molar-refractivity contribution in [1.82, 2.24) is 4.57 Å². The Hall–Kier alpha value is -2.09. The van der Waals surface area contributed by atoms with E-state index in [1.165, 1.54) is 34.3 Å². The average Bonchev–Trinajstić information content (AvgIpc) is 2.82. The van der Waals surface area contributed by atoms with Gasteiger partial charge in [0.1, 0.15) is 5.82 Å². The predicted octanol–water partition coefficient (Wildman–Crippen LogP) is 5.59. The molecule has 3 aromatic rings. The van der Waals surface area contributed by atoms with Crippen molar-refractivity contribution in [3.8, 4) is 11.1 Å². The van der Waals surface area contributed by atoms with Gasteiger partial charge in [0, 0.05) is 28.2 Å². The molecule has 3 rings (SSSR count). The molecule has 2 heteroatoms. The highest BCUT2D eigenvalue weighted by Gasteiger charge is 2.18. The number of hydrogen-bond acceptors (Lipinski definition) is 0. The molecule has 0 radical (unpaired) electrons. The number of para-hydroxylation sites is 1. The largest absolute Gasteiger partial charge is 0.341 e. The molecule has 0 unspecified atom stereocenters. The van der Waals surface area contributed by atoms with Crippen LogP contribution in [0.5, 0.6) is 0 Å². The fraction of sp³-hybridized carbons (Fsp3) is 0.263. The van der Waals surface area contributed by atoms with E-state index < -0.39 is 0 Å². The first-order valence-electron chi connectivity index (χ1n) is 7.51. The average molecular weight is 281 g/mol. The normalized spacial score (nSPS) is 11.5. The van der Waals surface area contributed by atoms with Gasteiger partial charge in [-0.2, -0.15) is 0 Å². The summed E-state index contributed by atoms with van der Waals surface area (Å²) in [5.41, 5.74) is 4.90. The van der Waals surface area contributed by atoms with E-state index in [0.29, 0.717) is 6.04 Å². The van der Waals surface area contributed by atoms with E-state index in [9.17, 15) is 4.39 Å². The van der Waals surface area contributed by atoms with Gasteiger partial charge in [-0.1, -0.05) is 37.3 Å². The predicted molar refractivity (Wildman–Crippen MR) is 87.1 cm³/mol. The minimum atomic E-state index is -0.190. The summed E-state index contributed by atoms with van der Waals surface area (Å²) < 4.78 is 15.6. The third-order valence-electron chi connectivity index (χ3n) is 4.00. The van der Waals surface area contributed by atoms with Crippen LogP contribution in [0.3, 0.4) is 0 Å². The molecule has 0 spiro atoms. The maximum Gasteiger partial charge on any atom is 0.123 e. The summed E-state index contributed by atoms with van der Waals surface area (Å²) >= 11 is 0. The van der Waals surface area contributed by atoms with Crippen LogP contribution >= 0.6 is 0 Å². The lowest BCUT2D eigenvalue weighted by Crippen LogP contribution is -2.05. The molecule has 1 nitrogen and oxygen atoms in total. The van der Waals surface area contributed by atoms with Crippen LogP contribution in [0.4, 0.5) is 4.39 Å². The van der Waals surface area contributed by atoms with Crippen molar-refractivity contribution >= 4 is 10.9 Å². The Morgan fingerprint density at radius 1 is 1.00 bits per heavy atom. The number of aromatic nitrogens is 1. The standard InChI is InChI=1S/C19H20FN/c1-4-17-19(14-9-11-15(20)12-10-14)16-7-5-6-8-18(16)21(17)13(2)3/h5-13H,4H2,1-3H3. The Kier molecular flexibility index (Phi) is 3.54. The van der Waals surface area contributed by atoms with Gasteiger partial charge >= 0.3 is 0 Å². The molecular weight excluding hydrogens is 261 g/mol. The highest BCUT2D eigenvalue weighted by Crippen LogP contribution is 2.37. The number of halogens is 1. The highest BCUT2D eigenvalue weighted by atomic mass is 19.1. The lowest BCUT2D eigenvalue weighted by molar-refractivity contribution is 0.598. The Bertz CT molecular complexity index is 766. The molecule has 108 valence electrons. The molecule has 1 heterocycles. The van der Waals surface area contributed by atoms with Crippen LogP contribution in [0.2, 0.25) is 0 Å². The van der Waals surface area contributed by atoms with Crippen LogP contribution in [0, 0.1) is 5.82 Å². The maximum absolute atomic E-state index is 13.2. The SMILES string of the molecule is CCc1c(-c2ccc(F)cc2)c2ccccc2n1C(C)C. The van der Waals surface area contributed by atoms with Gasteiger partial charge in [0.15, 0.2) is 0 Å². The van der Waals surface area contributed by atoms with Crippen LogP contribution < -0.4 is 0 Å². The van der Waals surface area contributed by atoms with Gasteiger partial charge in [-0.25, -0.2) is 4.39 Å². The summed E-state index contributed by atoms with van der Waals surface area (Å²) in [5, 5.41) is 1.25. The van der Waals surface area contributed by atoms with E-state index in [2.05, 4.69) is 49.6 Å². The van der Waals surface area contributed by atoms with Crippen LogP contribution in [0.25, 0.3) is 22.0 Å². The molecule has 0 N–H and O–H groups in total. The van der Waals surface area contributed by atoms with Gasteiger partial charge in [0.25, 0.3) is 0 Å². The summed E-state index contributed by atoms with van der Waals surface area (Å²) in [6.07, 6.45) is 0.958. The van der Waals surface area contributed by atoms with E-state index in [-0.39, 0.29) is 5.82 Å². The van der Waals surface area contributed by atoms with Crippen LogP contribution in [-0.2, 0) is 6.42 Å². The molecule has 0 bridgehead atoms. The zero-order valence-corrected chi connectivity index (χ0v) is 12.7. The van der Waals surface area contributed by atoms with E-state index in [0.717, 1.165) is 12.0 Å². The topological polar surface area (TPSA) is 4.93 Å². The van der Waals surface area contributed by atoms with Gasteiger partial charge in [-0.05, 0) is 44.0 Å². The van der Waals surface area contributed by atoms with Crippen molar-refractivity contribution in [2.75, 3.05) is 0 Å². The number of nitrogens with zero attached hydrogens (tertiary/aromatic N) is 1. The molecule has 0 fully saturated rings. The van der Waals surface area contributed by atoms with E-state index >= 15 is 0 Å². The molecule has 0 saturated carbocycles. The first-order valence-corrected chi connectivity index (χ1v) is 7.51. The summed E-state index contributed by atoms with van der Waals surface area (Å²) in [6.45, 7) is 6.60. The highest BCUT2D eigenvalue weighted by molar-refractivity contribution is 5.98. The van der Waals surface area contributed by atoms with E-state index in [1.54, 1.807) is 0 Å². The molecule has 0 atom stereocenters. The second-order valence-corrected chi connectivity index (χ2v) is 5.66. The maximum atomic E-state index is 13.2. The van der Waals surface area contributed by atoms with Crippen LogP contribution in [-0.4, -0.2) is 4.57 Å². The quantitative estimate of drug-likeness (QED) is 0.589. The van der Waals surface area contributed by atoms with Crippen molar-refractivity contribution in [2.24, 2.45) is 0 Å². The Morgan fingerprint density at radius 2 is 1.67 bits per heavy atom. The molecule has 0 aliphatic carbocycles. The first-order chi connectivity index (χ1) is 10.1. The number of hydrogen-bond donors (Lipinski definition) is 0. The van der Waals surface area contributed by atoms with Gasteiger partial charge in [0.2, 0.25) is 0 Å². The molecule has 0 aliphatic rings. The van der Waals surface area contributed by atoms with Crippen molar-refractivity contribution in [3.05, 3.63) is 60.0 Å². The third-order valence-corrected chi connectivity index (χ3v) is 4.00. The zero-order chi connectivity index (χ0) is 15.0. The van der Waals surface area contributed by atoms with Crippen molar-refractivity contribution in [2.45, 2.75) is 33.2 Å². The minimum absolute atomic E-state index is 0.190. The fourth-order valence-corrected chi connectivity index (χ4v) is 3.19. The van der Waals surface area contributed by atoms with Gasteiger partial charge in [0.05, 0.1) is 0 Å². The summed E-state index contributed by atoms with van der Waals surface area (Å²) in [4.78, 5) is 0. The Labute approximate surface area is 125 Å². The molecule has 0 aliphatic heterocycles. The summed E-state index contributed by atoms with van der Waals surface area (Å²) in [6, 6.07) is 15.7. The van der Waals surface area contributed by atoms with E-state index in [1.807, 2.05) is 12.1 Å². The monoisotopic (exact) mass is 281 g/mol. The number of rotatable bonds is 3. The van der Waals surface area contributed by atoms with Gasteiger partial charge in [-0.15, -0.1) is 0 Å². The molecule has 2 aromatic carbocycles. The second-order valence-electron chi connectivity index (χ2n) is 5.66.